The summed E-state index contributed by atoms with van der Waals surface area (Å²) in [6.45, 7) is 1.56. The molecule has 0 unspecified atom stereocenters. The molecular weight excluding hydrogens is 295 g/mol. The van der Waals surface area contributed by atoms with Gasteiger partial charge in [0.1, 0.15) is 11.0 Å². The lowest BCUT2D eigenvalue weighted by Gasteiger charge is -2.19. The average molecular weight is 305 g/mol. The van der Waals surface area contributed by atoms with E-state index in [2.05, 4.69) is 14.7 Å². The summed E-state index contributed by atoms with van der Waals surface area (Å²) in [6, 6.07) is 0.972. The highest BCUT2D eigenvalue weighted by Gasteiger charge is 2.58. The number of hydrogen-bond acceptors (Lipinski definition) is 3. The number of ether oxygens (including phenoxy) is 1. The van der Waals surface area contributed by atoms with Gasteiger partial charge in [0.2, 0.25) is 5.88 Å². The highest BCUT2D eigenvalue weighted by Crippen LogP contribution is 2.35. The molecule has 0 aliphatic heterocycles. The molecule has 1 aromatic heterocycles. The van der Waals surface area contributed by atoms with Crippen LogP contribution < -0.4 is 4.74 Å². The van der Waals surface area contributed by atoms with Crippen molar-refractivity contribution in [1.82, 2.24) is 9.97 Å². The van der Waals surface area contributed by atoms with Gasteiger partial charge in [0, 0.05) is 12.0 Å². The number of hydrogen-bond donors (Lipinski definition) is 0. The Bertz CT molecular complexity index is 450. The molecule has 19 heavy (non-hydrogen) atoms. The van der Waals surface area contributed by atoms with E-state index < -0.39 is 24.6 Å². The molecule has 0 atom stereocenters. The van der Waals surface area contributed by atoms with E-state index in [1.54, 1.807) is 13.8 Å². The number of halogens is 6. The van der Waals surface area contributed by atoms with Crippen LogP contribution in [0, 0.1) is 0 Å². The zero-order chi connectivity index (χ0) is 14.8. The number of alkyl halides is 5. The van der Waals surface area contributed by atoms with E-state index in [1.165, 1.54) is 0 Å². The second-order valence-electron chi connectivity index (χ2n) is 4.03. The minimum atomic E-state index is -5.68. The normalized spacial score (nSPS) is 12.9. The van der Waals surface area contributed by atoms with Crippen LogP contribution in [0.2, 0.25) is 5.15 Å². The standard InChI is InChI=1S/C10H10ClF5N2O/c1-5(2)8-17-6(11)3-7(18-8)19-4-9(12,13)10(14,15)16/h3,5H,4H2,1-2H3. The molecule has 1 rings (SSSR count). The summed E-state index contributed by atoms with van der Waals surface area (Å²) in [4.78, 5) is 7.49. The van der Waals surface area contributed by atoms with Crippen molar-refractivity contribution in [3.63, 3.8) is 0 Å². The Balaban J connectivity index is 2.84. The van der Waals surface area contributed by atoms with E-state index in [4.69, 9.17) is 11.6 Å². The highest BCUT2D eigenvalue weighted by atomic mass is 35.5. The molecule has 0 N–H and O–H groups in total. The van der Waals surface area contributed by atoms with Gasteiger partial charge in [-0.1, -0.05) is 25.4 Å². The number of nitrogens with zero attached hydrogens (tertiary/aromatic N) is 2. The fourth-order valence-corrected chi connectivity index (χ4v) is 1.17. The third kappa shape index (κ3) is 4.15. The first-order valence-electron chi connectivity index (χ1n) is 5.15. The zero-order valence-corrected chi connectivity index (χ0v) is 10.7. The summed E-state index contributed by atoms with van der Waals surface area (Å²) in [6.07, 6.45) is -5.68. The van der Waals surface area contributed by atoms with E-state index in [0.717, 1.165) is 6.07 Å². The van der Waals surface area contributed by atoms with Gasteiger partial charge in [-0.25, -0.2) is 4.98 Å². The second-order valence-corrected chi connectivity index (χ2v) is 4.42. The van der Waals surface area contributed by atoms with Crippen LogP contribution in [-0.2, 0) is 0 Å². The summed E-state index contributed by atoms with van der Waals surface area (Å²) in [5.41, 5.74) is 0. The molecule has 0 aliphatic rings. The highest BCUT2D eigenvalue weighted by molar-refractivity contribution is 6.29. The first kappa shape index (κ1) is 15.9. The van der Waals surface area contributed by atoms with Gasteiger partial charge in [-0.15, -0.1) is 0 Å². The van der Waals surface area contributed by atoms with Crippen molar-refractivity contribution >= 4 is 11.6 Å². The largest absolute Gasteiger partial charge is 0.471 e. The van der Waals surface area contributed by atoms with Gasteiger partial charge in [0.25, 0.3) is 0 Å². The lowest BCUT2D eigenvalue weighted by Crippen LogP contribution is -2.41. The van der Waals surface area contributed by atoms with Crippen molar-refractivity contribution < 1.29 is 26.7 Å². The van der Waals surface area contributed by atoms with Gasteiger partial charge in [0.15, 0.2) is 6.61 Å². The zero-order valence-electron chi connectivity index (χ0n) is 9.93. The predicted molar refractivity (Wildman–Crippen MR) is 57.6 cm³/mol. The van der Waals surface area contributed by atoms with E-state index >= 15 is 0 Å². The molecule has 0 radical (unpaired) electrons. The van der Waals surface area contributed by atoms with Gasteiger partial charge in [-0.05, 0) is 0 Å². The van der Waals surface area contributed by atoms with Crippen LogP contribution >= 0.6 is 11.6 Å². The van der Waals surface area contributed by atoms with Gasteiger partial charge in [-0.3, -0.25) is 0 Å². The number of rotatable bonds is 4. The van der Waals surface area contributed by atoms with Crippen molar-refractivity contribution in [3.05, 3.63) is 17.0 Å². The summed E-state index contributed by atoms with van der Waals surface area (Å²) in [5, 5.41) is -0.0935. The smallest absolute Gasteiger partial charge is 0.456 e. The maximum Gasteiger partial charge on any atom is 0.456 e. The Labute approximate surface area is 110 Å². The molecule has 9 heteroatoms. The topological polar surface area (TPSA) is 35.0 Å². The molecule has 1 heterocycles. The molecule has 0 aliphatic carbocycles. The molecule has 0 saturated carbocycles. The van der Waals surface area contributed by atoms with Gasteiger partial charge < -0.3 is 4.74 Å². The molecule has 3 nitrogen and oxygen atoms in total. The molecule has 0 aromatic carbocycles. The lowest BCUT2D eigenvalue weighted by molar-refractivity contribution is -0.290. The second kappa shape index (κ2) is 5.44. The summed E-state index contributed by atoms with van der Waals surface area (Å²) >= 11 is 5.59. The minimum Gasteiger partial charge on any atom is -0.471 e. The minimum absolute atomic E-state index is 0.0935. The number of aromatic nitrogens is 2. The summed E-state index contributed by atoms with van der Waals surface area (Å²) in [7, 11) is 0. The summed E-state index contributed by atoms with van der Waals surface area (Å²) < 4.78 is 65.5. The third-order valence-corrected chi connectivity index (χ3v) is 2.21. The van der Waals surface area contributed by atoms with Gasteiger partial charge in [-0.2, -0.15) is 26.9 Å². The first-order chi connectivity index (χ1) is 8.53. The van der Waals surface area contributed by atoms with Gasteiger partial charge in [0.05, 0.1) is 0 Å². The van der Waals surface area contributed by atoms with Crippen molar-refractivity contribution in [3.8, 4) is 5.88 Å². The Hall–Kier alpha value is -1.18. The Kier molecular flexibility index (Phi) is 4.54. The fourth-order valence-electron chi connectivity index (χ4n) is 0.992. The molecule has 0 saturated heterocycles. The third-order valence-electron chi connectivity index (χ3n) is 2.02. The Morgan fingerprint density at radius 3 is 2.26 bits per heavy atom. The first-order valence-corrected chi connectivity index (χ1v) is 5.52. The molecule has 0 amide bonds. The molecule has 0 spiro atoms. The van der Waals surface area contributed by atoms with Crippen LogP contribution in [0.25, 0.3) is 0 Å². The predicted octanol–water partition coefficient (Wildman–Crippen LogP) is 3.83. The molecule has 0 fully saturated rings. The van der Waals surface area contributed by atoms with Crippen LogP contribution in [0.4, 0.5) is 22.0 Å². The monoisotopic (exact) mass is 304 g/mol. The average Bonchev–Trinajstić information content (AvgIpc) is 2.24. The van der Waals surface area contributed by atoms with E-state index in [0.29, 0.717) is 0 Å². The Morgan fingerprint density at radius 2 is 1.79 bits per heavy atom. The van der Waals surface area contributed by atoms with Gasteiger partial charge >= 0.3 is 12.1 Å². The van der Waals surface area contributed by atoms with E-state index in [9.17, 15) is 22.0 Å². The summed E-state index contributed by atoms with van der Waals surface area (Å²) in [5.74, 6) is -5.36. The van der Waals surface area contributed by atoms with Crippen LogP contribution in [0.3, 0.4) is 0 Å². The molecular formula is C10H10ClF5N2O. The van der Waals surface area contributed by atoms with E-state index in [1.807, 2.05) is 0 Å². The van der Waals surface area contributed by atoms with Crippen molar-refractivity contribution in [2.75, 3.05) is 6.61 Å². The Morgan fingerprint density at radius 1 is 1.21 bits per heavy atom. The molecule has 1 aromatic rings. The fraction of sp³-hybridized carbons (Fsp3) is 0.600. The van der Waals surface area contributed by atoms with Crippen molar-refractivity contribution in [1.29, 1.82) is 0 Å². The van der Waals surface area contributed by atoms with Crippen molar-refractivity contribution in [2.45, 2.75) is 31.9 Å². The van der Waals surface area contributed by atoms with E-state index in [-0.39, 0.29) is 16.9 Å². The van der Waals surface area contributed by atoms with Crippen LogP contribution in [-0.4, -0.2) is 28.7 Å². The van der Waals surface area contributed by atoms with Crippen LogP contribution in [0.5, 0.6) is 5.88 Å². The molecule has 0 bridgehead atoms. The van der Waals surface area contributed by atoms with Crippen LogP contribution in [0.15, 0.2) is 6.07 Å². The SMILES string of the molecule is CC(C)c1nc(Cl)cc(OCC(F)(F)C(F)(F)F)n1. The van der Waals surface area contributed by atoms with Crippen LogP contribution in [0.1, 0.15) is 25.6 Å². The quantitative estimate of drug-likeness (QED) is 0.626. The van der Waals surface area contributed by atoms with Crippen molar-refractivity contribution in [2.24, 2.45) is 0 Å². The maximum atomic E-state index is 12.6. The maximum absolute atomic E-state index is 12.6. The molecule has 108 valence electrons. The lowest BCUT2D eigenvalue weighted by atomic mass is 10.2.